The molecule has 0 bridgehead atoms. The minimum Gasteiger partial charge on any atom is -0.329 e. The number of rotatable bonds is 4. The minimum absolute atomic E-state index is 0.243. The van der Waals surface area contributed by atoms with Crippen molar-refractivity contribution >= 4 is 17.3 Å². The highest BCUT2D eigenvalue weighted by molar-refractivity contribution is 5.62. The van der Waals surface area contributed by atoms with E-state index in [0.717, 1.165) is 17.3 Å². The van der Waals surface area contributed by atoms with E-state index < -0.39 is 0 Å². The molecule has 1 heterocycles. The van der Waals surface area contributed by atoms with Gasteiger partial charge in [-0.3, -0.25) is 0 Å². The molecule has 0 saturated heterocycles. The fraction of sp³-hybridized carbons (Fsp3) is 0.333. The number of aromatic nitrogens is 2. The summed E-state index contributed by atoms with van der Waals surface area (Å²) in [7, 11) is 1.99. The van der Waals surface area contributed by atoms with Crippen molar-refractivity contribution < 1.29 is 0 Å². The summed E-state index contributed by atoms with van der Waals surface area (Å²) in [4.78, 5) is 11.0. The van der Waals surface area contributed by atoms with Gasteiger partial charge in [0.25, 0.3) is 0 Å². The van der Waals surface area contributed by atoms with Crippen molar-refractivity contribution in [3.63, 3.8) is 0 Å². The lowest BCUT2D eigenvalue weighted by molar-refractivity contribution is 0.773. The van der Waals surface area contributed by atoms with Crippen molar-refractivity contribution in [1.29, 1.82) is 0 Å². The Morgan fingerprint density at radius 1 is 1.20 bits per heavy atom. The Hall–Kier alpha value is -2.14. The van der Waals surface area contributed by atoms with E-state index in [1.165, 1.54) is 5.56 Å². The maximum absolute atomic E-state index is 5.49. The predicted molar refractivity (Wildman–Crippen MR) is 83.2 cm³/mol. The van der Waals surface area contributed by atoms with Gasteiger partial charge in [-0.05, 0) is 24.6 Å². The van der Waals surface area contributed by atoms with E-state index in [1.807, 2.05) is 24.1 Å². The van der Waals surface area contributed by atoms with Crippen LogP contribution in [0.1, 0.15) is 31.2 Å². The Morgan fingerprint density at radius 2 is 1.95 bits per heavy atom. The Bertz CT molecular complexity index is 595. The monoisotopic (exact) mass is 271 g/mol. The summed E-state index contributed by atoms with van der Waals surface area (Å²) in [6.07, 6.45) is 0. The van der Waals surface area contributed by atoms with E-state index in [1.54, 1.807) is 0 Å². The number of anilines is 3. The molecule has 0 atom stereocenters. The fourth-order valence-corrected chi connectivity index (χ4v) is 1.93. The number of benzene rings is 1. The largest absolute Gasteiger partial charge is 0.329 e. The van der Waals surface area contributed by atoms with Gasteiger partial charge in [0.05, 0.1) is 0 Å². The minimum atomic E-state index is 0.243. The van der Waals surface area contributed by atoms with Crippen LogP contribution in [0.2, 0.25) is 0 Å². The first-order valence-electron chi connectivity index (χ1n) is 6.67. The molecule has 106 valence electrons. The number of aryl methyl sites for hydroxylation is 1. The number of nitrogens with two attached hydrogens (primary N) is 1. The molecule has 0 amide bonds. The van der Waals surface area contributed by atoms with Crippen LogP contribution in [0.15, 0.2) is 30.3 Å². The van der Waals surface area contributed by atoms with E-state index in [2.05, 4.69) is 54.4 Å². The third-order valence-electron chi connectivity index (χ3n) is 3.13. The predicted octanol–water partition coefficient (Wildman–Crippen LogP) is 2.96. The van der Waals surface area contributed by atoms with Gasteiger partial charge in [-0.15, -0.1) is 0 Å². The number of nitrogens with one attached hydrogen (secondary N) is 1. The maximum atomic E-state index is 5.49. The molecule has 0 aliphatic rings. The average molecular weight is 271 g/mol. The van der Waals surface area contributed by atoms with Gasteiger partial charge in [-0.1, -0.05) is 26.0 Å². The van der Waals surface area contributed by atoms with Gasteiger partial charge in [0.1, 0.15) is 17.5 Å². The smallest absolute Gasteiger partial charge is 0.145 e. The first-order chi connectivity index (χ1) is 9.51. The lowest BCUT2D eigenvalue weighted by Gasteiger charge is -2.20. The highest BCUT2D eigenvalue weighted by Gasteiger charge is 2.12. The second-order valence-electron chi connectivity index (χ2n) is 5.17. The average Bonchev–Trinajstić information content (AvgIpc) is 2.45. The first-order valence-corrected chi connectivity index (χ1v) is 6.67. The molecule has 0 aliphatic heterocycles. The van der Waals surface area contributed by atoms with Gasteiger partial charge in [-0.25, -0.2) is 15.8 Å². The van der Waals surface area contributed by atoms with Crippen LogP contribution in [0.5, 0.6) is 0 Å². The third-order valence-corrected chi connectivity index (χ3v) is 3.13. The van der Waals surface area contributed by atoms with Crippen molar-refractivity contribution in [2.24, 2.45) is 5.84 Å². The molecule has 2 aromatic rings. The van der Waals surface area contributed by atoms with Gasteiger partial charge in [0.15, 0.2) is 0 Å². The summed E-state index contributed by atoms with van der Waals surface area (Å²) in [6, 6.07) is 10.1. The van der Waals surface area contributed by atoms with Gasteiger partial charge in [-0.2, -0.15) is 0 Å². The van der Waals surface area contributed by atoms with Gasteiger partial charge >= 0.3 is 0 Å². The van der Waals surface area contributed by atoms with Gasteiger partial charge in [0.2, 0.25) is 0 Å². The van der Waals surface area contributed by atoms with Crippen LogP contribution in [0.4, 0.5) is 17.3 Å². The SMILES string of the molecule is Cc1cccc(N(C)c2cc(NN)nc(C(C)C)n2)c1. The summed E-state index contributed by atoms with van der Waals surface area (Å²) < 4.78 is 0. The molecule has 5 heteroatoms. The first kappa shape index (κ1) is 14.3. The van der Waals surface area contributed by atoms with E-state index in [0.29, 0.717) is 5.82 Å². The number of nitrogens with zero attached hydrogens (tertiary/aromatic N) is 3. The normalized spacial score (nSPS) is 10.7. The van der Waals surface area contributed by atoms with Crippen LogP contribution in [0.3, 0.4) is 0 Å². The lowest BCUT2D eigenvalue weighted by Crippen LogP contribution is -2.16. The molecule has 0 fully saturated rings. The molecule has 0 spiro atoms. The number of hydrogen-bond donors (Lipinski definition) is 2. The standard InChI is InChI=1S/C15H21N5/c1-10(2)15-17-13(19-16)9-14(18-15)20(4)12-7-5-6-11(3)8-12/h5-10H,16H2,1-4H3,(H,17,18,19). The highest BCUT2D eigenvalue weighted by atomic mass is 15.3. The van der Waals surface area contributed by atoms with E-state index in [-0.39, 0.29) is 5.92 Å². The molecule has 20 heavy (non-hydrogen) atoms. The Morgan fingerprint density at radius 3 is 2.55 bits per heavy atom. The van der Waals surface area contributed by atoms with Crippen LogP contribution in [-0.4, -0.2) is 17.0 Å². The van der Waals surface area contributed by atoms with Crippen LogP contribution >= 0.6 is 0 Å². The van der Waals surface area contributed by atoms with Crippen LogP contribution in [0.25, 0.3) is 0 Å². The molecule has 0 aliphatic carbocycles. The Labute approximate surface area is 119 Å². The van der Waals surface area contributed by atoms with Crippen LogP contribution < -0.4 is 16.2 Å². The molecule has 1 aromatic heterocycles. The lowest BCUT2D eigenvalue weighted by atomic mass is 10.2. The van der Waals surface area contributed by atoms with Gasteiger partial charge in [0, 0.05) is 24.7 Å². The summed E-state index contributed by atoms with van der Waals surface area (Å²) in [5.74, 6) is 7.95. The van der Waals surface area contributed by atoms with Crippen molar-refractivity contribution in [3.8, 4) is 0 Å². The summed E-state index contributed by atoms with van der Waals surface area (Å²) in [5.41, 5.74) is 4.90. The molecule has 0 saturated carbocycles. The summed E-state index contributed by atoms with van der Waals surface area (Å²) in [6.45, 7) is 6.20. The van der Waals surface area contributed by atoms with Crippen LogP contribution in [-0.2, 0) is 0 Å². The van der Waals surface area contributed by atoms with Crippen LogP contribution in [0, 0.1) is 6.92 Å². The fourth-order valence-electron chi connectivity index (χ4n) is 1.93. The zero-order chi connectivity index (χ0) is 14.7. The Balaban J connectivity index is 2.43. The number of hydrazine groups is 1. The molecule has 1 aromatic carbocycles. The highest BCUT2D eigenvalue weighted by Crippen LogP contribution is 2.25. The van der Waals surface area contributed by atoms with Gasteiger partial charge < -0.3 is 10.3 Å². The molecular weight excluding hydrogens is 250 g/mol. The van der Waals surface area contributed by atoms with Crippen molar-refractivity contribution in [3.05, 3.63) is 41.7 Å². The topological polar surface area (TPSA) is 67.1 Å². The summed E-state index contributed by atoms with van der Waals surface area (Å²) >= 11 is 0. The van der Waals surface area contributed by atoms with E-state index in [9.17, 15) is 0 Å². The number of hydrogen-bond acceptors (Lipinski definition) is 5. The molecule has 3 N–H and O–H groups in total. The van der Waals surface area contributed by atoms with E-state index in [4.69, 9.17) is 5.84 Å². The van der Waals surface area contributed by atoms with Crippen molar-refractivity contribution in [1.82, 2.24) is 9.97 Å². The van der Waals surface area contributed by atoms with Crippen molar-refractivity contribution in [2.75, 3.05) is 17.4 Å². The second kappa shape index (κ2) is 5.88. The number of nitrogen functional groups attached to an aromatic ring is 1. The summed E-state index contributed by atoms with van der Waals surface area (Å²) in [5, 5.41) is 0. The zero-order valence-corrected chi connectivity index (χ0v) is 12.4. The quantitative estimate of drug-likeness (QED) is 0.661. The maximum Gasteiger partial charge on any atom is 0.145 e. The van der Waals surface area contributed by atoms with Crippen molar-refractivity contribution in [2.45, 2.75) is 26.7 Å². The molecule has 0 unspecified atom stereocenters. The zero-order valence-electron chi connectivity index (χ0n) is 12.4. The molecular formula is C15H21N5. The van der Waals surface area contributed by atoms with E-state index >= 15 is 0 Å². The third kappa shape index (κ3) is 3.05. The Kier molecular flexibility index (Phi) is 4.20. The molecule has 5 nitrogen and oxygen atoms in total. The second-order valence-corrected chi connectivity index (χ2v) is 5.17. The molecule has 2 rings (SSSR count). The molecule has 0 radical (unpaired) electrons.